The molecule has 1 aliphatic rings. The zero-order chi connectivity index (χ0) is 26.8. The molecule has 2 N–H and O–H groups in total. The molecule has 0 amide bonds. The van der Waals surface area contributed by atoms with Gasteiger partial charge < -0.3 is 19.9 Å². The van der Waals surface area contributed by atoms with Gasteiger partial charge in [-0.25, -0.2) is 24.3 Å². The van der Waals surface area contributed by atoms with Gasteiger partial charge in [0, 0.05) is 17.3 Å². The summed E-state index contributed by atoms with van der Waals surface area (Å²) in [6.07, 6.45) is 2.51. The van der Waals surface area contributed by atoms with E-state index in [4.69, 9.17) is 47.8 Å². The van der Waals surface area contributed by atoms with Crippen LogP contribution < -0.4 is 5.32 Å². The summed E-state index contributed by atoms with van der Waals surface area (Å²) in [5, 5.41) is 19.9. The molecule has 1 aromatic carbocycles. The fourth-order valence-electron chi connectivity index (χ4n) is 3.01. The average Bonchev–Trinajstić information content (AvgIpc) is 3.33. The monoisotopic (exact) mass is 564 g/mol. The number of anilines is 2. The van der Waals surface area contributed by atoms with Crippen LogP contribution in [0.5, 0.6) is 0 Å². The van der Waals surface area contributed by atoms with Crippen LogP contribution in [0.2, 0.25) is 10.0 Å². The van der Waals surface area contributed by atoms with Gasteiger partial charge in [-0.2, -0.15) is 5.26 Å². The smallest absolute Gasteiger partial charge is 0.290 e. The second-order valence-corrected chi connectivity index (χ2v) is 8.89. The molecule has 0 bridgehead atoms. The number of halogens is 3. The minimum Gasteiger partial charge on any atom is -0.483 e. The molecule has 1 saturated heterocycles. The van der Waals surface area contributed by atoms with Gasteiger partial charge in [-0.15, -0.1) is 11.3 Å². The van der Waals surface area contributed by atoms with Crippen LogP contribution >= 0.6 is 34.5 Å². The summed E-state index contributed by atoms with van der Waals surface area (Å²) < 4.78 is 24.7. The fourth-order valence-corrected chi connectivity index (χ4v) is 4.88. The maximum atomic E-state index is 14.3. The van der Waals surface area contributed by atoms with Crippen LogP contribution in [0, 0.1) is 24.1 Å². The first-order chi connectivity index (χ1) is 17.9. The number of hydrogen-bond acceptors (Lipinski definition) is 10. The normalized spacial score (nSPS) is 12.4. The van der Waals surface area contributed by atoms with Crippen molar-refractivity contribution in [3.63, 3.8) is 0 Å². The maximum Gasteiger partial charge on any atom is 0.290 e. The number of fused-ring (bicyclic) bond motifs is 1. The molecule has 3 aromatic heterocycles. The number of pyridine rings is 1. The average molecular weight is 565 g/mol. The summed E-state index contributed by atoms with van der Waals surface area (Å²) in [6, 6.07) is 6.71. The van der Waals surface area contributed by atoms with Crippen molar-refractivity contribution in [2.24, 2.45) is 0 Å². The Morgan fingerprint density at radius 3 is 2.30 bits per heavy atom. The molecule has 0 radical (unpaired) electrons. The highest BCUT2D eigenvalue weighted by atomic mass is 35.5. The van der Waals surface area contributed by atoms with Crippen LogP contribution in [0.25, 0.3) is 20.8 Å². The van der Waals surface area contributed by atoms with Crippen LogP contribution in [0.4, 0.5) is 16.0 Å². The number of thiazole rings is 1. The van der Waals surface area contributed by atoms with Crippen LogP contribution in [0.3, 0.4) is 0 Å². The van der Waals surface area contributed by atoms with Gasteiger partial charge in [0.05, 0.1) is 54.3 Å². The zero-order valence-electron chi connectivity index (χ0n) is 19.2. The highest BCUT2D eigenvalue weighted by molar-refractivity contribution is 7.22. The standard InChI is InChI=1S/C18H9Cl2FN6S.C4H8O2.CH2O2/c1-8-2-13(25-7-24-8)26-17-16-15(12(21)6-23-17)27-18(28-16)14-10(19)3-9(5-22)4-11(14)20;1-2-6-4-3-5-1;2-1-3/h2-4,6-7H,1H3,(H,23,24,25,26);1-4H2;1H,(H,2,3). The second-order valence-electron chi connectivity index (χ2n) is 7.08. The van der Waals surface area contributed by atoms with Gasteiger partial charge in [0.1, 0.15) is 27.4 Å². The first kappa shape index (κ1) is 28.1. The largest absolute Gasteiger partial charge is 0.483 e. The molecule has 4 aromatic rings. The van der Waals surface area contributed by atoms with Crippen molar-refractivity contribution in [3.05, 3.63) is 57.8 Å². The number of aryl methyl sites for hydroxylation is 1. The van der Waals surface area contributed by atoms with Gasteiger partial charge in [0.2, 0.25) is 0 Å². The number of hydrogen-bond donors (Lipinski definition) is 2. The van der Waals surface area contributed by atoms with E-state index in [1.807, 2.05) is 13.0 Å². The number of nitriles is 1. The molecule has 37 heavy (non-hydrogen) atoms. The van der Waals surface area contributed by atoms with Gasteiger partial charge in [0.25, 0.3) is 6.47 Å². The third-order valence-corrected chi connectivity index (χ3v) is 6.23. The molecule has 4 heterocycles. The van der Waals surface area contributed by atoms with Crippen molar-refractivity contribution in [2.45, 2.75) is 6.92 Å². The number of carboxylic acid groups (broad SMARTS) is 1. The number of ether oxygens (including phenoxy) is 2. The number of nitrogens with zero attached hydrogens (tertiary/aromatic N) is 5. The number of benzene rings is 1. The summed E-state index contributed by atoms with van der Waals surface area (Å²) >= 11 is 13.8. The Morgan fingerprint density at radius 1 is 1.14 bits per heavy atom. The Balaban J connectivity index is 0.000000360. The van der Waals surface area contributed by atoms with Gasteiger partial charge >= 0.3 is 0 Å². The number of aromatic nitrogens is 4. The van der Waals surface area contributed by atoms with Crippen molar-refractivity contribution >= 4 is 62.9 Å². The molecule has 0 atom stereocenters. The van der Waals surface area contributed by atoms with Crippen LogP contribution in [0.15, 0.2) is 30.7 Å². The summed E-state index contributed by atoms with van der Waals surface area (Å²) in [5.41, 5.74) is 1.68. The highest BCUT2D eigenvalue weighted by Gasteiger charge is 2.19. The van der Waals surface area contributed by atoms with E-state index >= 15 is 0 Å². The molecule has 0 saturated carbocycles. The quantitative estimate of drug-likeness (QED) is 0.316. The number of rotatable bonds is 3. The molecule has 5 rings (SSSR count). The van der Waals surface area contributed by atoms with E-state index in [2.05, 4.69) is 25.3 Å². The summed E-state index contributed by atoms with van der Waals surface area (Å²) in [4.78, 5) is 25.0. The maximum absolute atomic E-state index is 14.3. The molecule has 192 valence electrons. The Morgan fingerprint density at radius 2 is 1.76 bits per heavy atom. The lowest BCUT2D eigenvalue weighted by molar-refractivity contribution is -0.122. The Labute approximate surface area is 224 Å². The summed E-state index contributed by atoms with van der Waals surface area (Å²) in [6.45, 7) is 4.69. The van der Waals surface area contributed by atoms with E-state index in [1.54, 1.807) is 6.07 Å². The summed E-state index contributed by atoms with van der Waals surface area (Å²) in [5.74, 6) is 0.360. The lowest BCUT2D eigenvalue weighted by atomic mass is 10.1. The molecule has 14 heteroatoms. The minimum atomic E-state index is -0.567. The van der Waals surface area contributed by atoms with Crippen molar-refractivity contribution in [1.82, 2.24) is 19.9 Å². The van der Waals surface area contributed by atoms with Gasteiger partial charge in [0.15, 0.2) is 11.6 Å². The molecule has 1 aliphatic heterocycles. The number of nitrogens with one attached hydrogen (secondary N) is 1. The topological polar surface area (TPSA) is 143 Å². The second kappa shape index (κ2) is 13.7. The Kier molecular flexibility index (Phi) is 10.4. The van der Waals surface area contributed by atoms with E-state index in [0.717, 1.165) is 38.3 Å². The Bertz CT molecular complexity index is 1390. The summed E-state index contributed by atoms with van der Waals surface area (Å²) in [7, 11) is 0. The van der Waals surface area contributed by atoms with E-state index in [0.29, 0.717) is 32.5 Å². The highest BCUT2D eigenvalue weighted by Crippen LogP contribution is 2.41. The van der Waals surface area contributed by atoms with E-state index in [9.17, 15) is 4.39 Å². The molecule has 0 aliphatic carbocycles. The number of carbonyl (C=O) groups is 1. The van der Waals surface area contributed by atoms with Crippen molar-refractivity contribution in [1.29, 1.82) is 5.26 Å². The minimum absolute atomic E-state index is 0.139. The third kappa shape index (κ3) is 7.51. The molecule has 0 unspecified atom stereocenters. The first-order valence-corrected chi connectivity index (χ1v) is 12.1. The first-order valence-electron chi connectivity index (χ1n) is 10.5. The van der Waals surface area contributed by atoms with Gasteiger partial charge in [-0.05, 0) is 19.1 Å². The van der Waals surface area contributed by atoms with Gasteiger partial charge in [-0.1, -0.05) is 23.2 Å². The van der Waals surface area contributed by atoms with Crippen molar-refractivity contribution in [3.8, 4) is 16.6 Å². The lowest BCUT2D eigenvalue weighted by Gasteiger charge is -2.09. The van der Waals surface area contributed by atoms with Crippen LogP contribution in [-0.2, 0) is 14.3 Å². The lowest BCUT2D eigenvalue weighted by Crippen LogP contribution is -2.16. The SMILES string of the molecule is C1COCCO1.Cc1cc(Nc2ncc(F)c3nc(-c4c(Cl)cc(C#N)cc4Cl)sc23)ncn1.O=CO. The van der Waals surface area contributed by atoms with E-state index in [1.165, 1.54) is 29.8 Å². The van der Waals surface area contributed by atoms with E-state index in [-0.39, 0.29) is 22.0 Å². The van der Waals surface area contributed by atoms with Crippen molar-refractivity contribution in [2.75, 3.05) is 31.7 Å². The van der Waals surface area contributed by atoms with Gasteiger partial charge in [-0.3, -0.25) is 4.79 Å². The van der Waals surface area contributed by atoms with Crippen LogP contribution in [-0.4, -0.2) is 57.9 Å². The molecule has 10 nitrogen and oxygen atoms in total. The molecule has 0 spiro atoms. The predicted molar refractivity (Wildman–Crippen MR) is 138 cm³/mol. The zero-order valence-corrected chi connectivity index (χ0v) is 21.6. The molecule has 1 fully saturated rings. The van der Waals surface area contributed by atoms with E-state index < -0.39 is 5.82 Å². The Hall–Kier alpha value is -3.47. The fraction of sp³-hybridized carbons (Fsp3) is 0.217. The molecular formula is C23H19Cl2FN6O4S. The third-order valence-electron chi connectivity index (χ3n) is 4.55. The van der Waals surface area contributed by atoms with Crippen LogP contribution in [0.1, 0.15) is 11.3 Å². The predicted octanol–water partition coefficient (Wildman–Crippen LogP) is 5.25. The molecular weight excluding hydrogens is 546 g/mol. The van der Waals surface area contributed by atoms with Crippen molar-refractivity contribution < 1.29 is 23.8 Å².